The summed E-state index contributed by atoms with van der Waals surface area (Å²) in [4.78, 5) is 15.4. The van der Waals surface area contributed by atoms with Crippen LogP contribution in [0.4, 0.5) is 0 Å². The maximum Gasteiger partial charge on any atom is 0.230 e. The Morgan fingerprint density at radius 2 is 2.09 bits per heavy atom. The molecule has 0 saturated carbocycles. The van der Waals surface area contributed by atoms with E-state index in [1.807, 2.05) is 56.0 Å². The monoisotopic (exact) mass is 484 g/mol. The van der Waals surface area contributed by atoms with Crippen molar-refractivity contribution >= 4 is 28.4 Å². The Labute approximate surface area is 208 Å². The third kappa shape index (κ3) is 5.26. The molecule has 1 unspecified atom stereocenters. The average molecular weight is 485 g/mol. The largest absolute Gasteiger partial charge is 0.496 e. The zero-order valence-corrected chi connectivity index (χ0v) is 21.7. The van der Waals surface area contributed by atoms with Crippen LogP contribution in [0.25, 0.3) is 10.9 Å². The van der Waals surface area contributed by atoms with Gasteiger partial charge in [0.1, 0.15) is 5.75 Å². The summed E-state index contributed by atoms with van der Waals surface area (Å²) in [5, 5.41) is 1.64. The highest BCUT2D eigenvalue weighted by molar-refractivity contribution is 6.35. The molecule has 0 fully saturated rings. The number of halogens is 1. The third-order valence-electron chi connectivity index (χ3n) is 6.66. The number of carbonyl (C=O) groups is 1. The SMILES string of the molecule is C=C/C=C\C(=C/C)COCCn1c2c(c3c(OC)ccc(Cl)c31)C(C(=O)N(CC)CC)CCC2. The van der Waals surface area contributed by atoms with Crippen LogP contribution in [0.2, 0.25) is 5.02 Å². The van der Waals surface area contributed by atoms with E-state index in [1.54, 1.807) is 13.2 Å². The average Bonchev–Trinajstić information content (AvgIpc) is 3.20. The molecule has 0 radical (unpaired) electrons. The molecule has 1 heterocycles. The lowest BCUT2D eigenvalue weighted by atomic mass is 9.84. The van der Waals surface area contributed by atoms with Gasteiger partial charge in [0, 0.05) is 30.7 Å². The number of rotatable bonds is 11. The molecule has 1 atom stereocenters. The molecule has 3 rings (SSSR count). The van der Waals surface area contributed by atoms with Crippen LogP contribution >= 0.6 is 11.6 Å². The molecule has 6 heteroatoms. The van der Waals surface area contributed by atoms with Crippen molar-refractivity contribution in [1.29, 1.82) is 0 Å². The van der Waals surface area contributed by atoms with E-state index in [2.05, 4.69) is 11.1 Å². The minimum absolute atomic E-state index is 0.181. The van der Waals surface area contributed by atoms with E-state index in [0.29, 0.717) is 37.9 Å². The van der Waals surface area contributed by atoms with Gasteiger partial charge >= 0.3 is 0 Å². The Hall–Kier alpha value is -2.50. The van der Waals surface area contributed by atoms with E-state index >= 15 is 0 Å². The van der Waals surface area contributed by atoms with E-state index in [4.69, 9.17) is 21.1 Å². The maximum atomic E-state index is 13.5. The van der Waals surface area contributed by atoms with Crippen molar-refractivity contribution in [1.82, 2.24) is 9.47 Å². The normalized spacial score (nSPS) is 16.1. The highest BCUT2D eigenvalue weighted by atomic mass is 35.5. The van der Waals surface area contributed by atoms with Gasteiger partial charge in [0.2, 0.25) is 5.91 Å². The van der Waals surface area contributed by atoms with Crippen LogP contribution in [0.3, 0.4) is 0 Å². The van der Waals surface area contributed by atoms with Crippen LogP contribution < -0.4 is 4.74 Å². The lowest BCUT2D eigenvalue weighted by molar-refractivity contribution is -0.132. The van der Waals surface area contributed by atoms with Crippen molar-refractivity contribution in [2.45, 2.75) is 52.5 Å². The highest BCUT2D eigenvalue weighted by Crippen LogP contribution is 2.45. The van der Waals surface area contributed by atoms with Crippen LogP contribution in [-0.2, 0) is 22.5 Å². The molecule has 1 aliphatic rings. The molecular weight excluding hydrogens is 448 g/mol. The van der Waals surface area contributed by atoms with Crippen LogP contribution in [-0.4, -0.2) is 48.8 Å². The molecule has 184 valence electrons. The molecule has 5 nitrogen and oxygen atoms in total. The number of amides is 1. The lowest BCUT2D eigenvalue weighted by Crippen LogP contribution is -2.36. The molecule has 1 aliphatic carbocycles. The smallest absolute Gasteiger partial charge is 0.230 e. The molecule has 34 heavy (non-hydrogen) atoms. The van der Waals surface area contributed by atoms with Crippen molar-refractivity contribution in [2.24, 2.45) is 0 Å². The van der Waals surface area contributed by atoms with E-state index in [-0.39, 0.29) is 11.8 Å². The summed E-state index contributed by atoms with van der Waals surface area (Å²) in [5.41, 5.74) is 4.30. The van der Waals surface area contributed by atoms with Gasteiger partial charge in [0.25, 0.3) is 0 Å². The predicted octanol–water partition coefficient (Wildman–Crippen LogP) is 6.30. The quantitative estimate of drug-likeness (QED) is 0.278. The summed E-state index contributed by atoms with van der Waals surface area (Å²) < 4.78 is 14.0. The first-order valence-electron chi connectivity index (χ1n) is 12.2. The first kappa shape index (κ1) is 26.1. The summed E-state index contributed by atoms with van der Waals surface area (Å²) in [5.74, 6) is 0.773. The molecule has 0 N–H and O–H groups in total. The predicted molar refractivity (Wildman–Crippen MR) is 141 cm³/mol. The number of methoxy groups -OCH3 is 1. The Bertz CT molecular complexity index is 1080. The van der Waals surface area contributed by atoms with Gasteiger partial charge in [-0.25, -0.2) is 0 Å². The molecule has 1 aromatic carbocycles. The molecular formula is C28H37ClN2O3. The van der Waals surface area contributed by atoms with Crippen LogP contribution in [0, 0.1) is 0 Å². The van der Waals surface area contributed by atoms with Gasteiger partial charge in [-0.05, 0) is 63.3 Å². The topological polar surface area (TPSA) is 43.7 Å². The number of benzene rings is 1. The van der Waals surface area contributed by atoms with Gasteiger partial charge in [0.05, 0.1) is 36.8 Å². The van der Waals surface area contributed by atoms with Crippen molar-refractivity contribution in [2.75, 3.05) is 33.4 Å². The Kier molecular flexibility index (Phi) is 9.43. The van der Waals surface area contributed by atoms with E-state index in [1.165, 1.54) is 5.69 Å². The highest BCUT2D eigenvalue weighted by Gasteiger charge is 2.35. The number of carbonyl (C=O) groups excluding carboxylic acids is 1. The summed E-state index contributed by atoms with van der Waals surface area (Å²) in [7, 11) is 1.68. The minimum Gasteiger partial charge on any atom is -0.496 e. The summed E-state index contributed by atoms with van der Waals surface area (Å²) in [6, 6.07) is 3.79. The zero-order chi connectivity index (χ0) is 24.7. The number of likely N-dealkylation sites (N-methyl/N-ethyl adjacent to an activating group) is 1. The molecule has 0 bridgehead atoms. The molecule has 1 amide bonds. The Morgan fingerprint density at radius 3 is 2.74 bits per heavy atom. The standard InChI is InChI=1S/C28H37ClN2O3/c1-6-10-12-20(7-2)19-34-18-17-31-23-14-11-13-21(28(32)30(8-3)9-4)25(23)26-24(33-5)16-15-22(29)27(26)31/h6-7,10,12,15-16,21H,1,8-9,11,13-14,17-19H2,2-5H3/b12-10-,20-7+. The number of ether oxygens (including phenoxy) is 2. The zero-order valence-electron chi connectivity index (χ0n) is 20.9. The van der Waals surface area contributed by atoms with E-state index < -0.39 is 0 Å². The van der Waals surface area contributed by atoms with Crippen molar-refractivity contribution in [3.05, 3.63) is 64.9 Å². The Balaban J connectivity index is 2.01. The third-order valence-corrected chi connectivity index (χ3v) is 6.96. The molecule has 0 saturated heterocycles. The summed E-state index contributed by atoms with van der Waals surface area (Å²) >= 11 is 6.76. The fraction of sp³-hybridized carbons (Fsp3) is 0.464. The number of nitrogens with zero attached hydrogens (tertiary/aromatic N) is 2. The lowest BCUT2D eigenvalue weighted by Gasteiger charge is -2.29. The van der Waals surface area contributed by atoms with Crippen molar-refractivity contribution < 1.29 is 14.3 Å². The number of allylic oxidation sites excluding steroid dienone is 3. The number of hydrogen-bond acceptors (Lipinski definition) is 3. The van der Waals surface area contributed by atoms with Gasteiger partial charge in [-0.2, -0.15) is 0 Å². The van der Waals surface area contributed by atoms with Gasteiger partial charge in [-0.3, -0.25) is 4.79 Å². The molecule has 2 aromatic rings. The number of aromatic nitrogens is 1. The van der Waals surface area contributed by atoms with Crippen molar-refractivity contribution in [3.63, 3.8) is 0 Å². The Morgan fingerprint density at radius 1 is 1.32 bits per heavy atom. The second kappa shape index (κ2) is 12.3. The number of hydrogen-bond donors (Lipinski definition) is 0. The van der Waals surface area contributed by atoms with Crippen LogP contribution in [0.15, 0.2) is 48.6 Å². The second-order valence-corrected chi connectivity index (χ2v) is 8.86. The molecule has 0 spiro atoms. The molecule has 1 aromatic heterocycles. The van der Waals surface area contributed by atoms with Crippen LogP contribution in [0.5, 0.6) is 5.75 Å². The first-order valence-corrected chi connectivity index (χ1v) is 12.6. The first-order chi connectivity index (χ1) is 16.5. The van der Waals surface area contributed by atoms with Gasteiger partial charge in [-0.1, -0.05) is 42.5 Å². The fourth-order valence-electron chi connectivity index (χ4n) is 4.94. The fourth-order valence-corrected chi connectivity index (χ4v) is 5.20. The molecule has 0 aliphatic heterocycles. The van der Waals surface area contributed by atoms with Gasteiger partial charge < -0.3 is 18.9 Å². The van der Waals surface area contributed by atoms with Gasteiger partial charge in [-0.15, -0.1) is 0 Å². The maximum absolute atomic E-state index is 13.5. The van der Waals surface area contributed by atoms with Crippen LogP contribution in [0.1, 0.15) is 50.8 Å². The van der Waals surface area contributed by atoms with E-state index in [0.717, 1.165) is 47.1 Å². The minimum atomic E-state index is -0.181. The number of fused-ring (bicyclic) bond motifs is 3. The van der Waals surface area contributed by atoms with Gasteiger partial charge in [0.15, 0.2) is 0 Å². The summed E-state index contributed by atoms with van der Waals surface area (Å²) in [6.45, 7) is 12.9. The van der Waals surface area contributed by atoms with E-state index in [9.17, 15) is 4.79 Å². The second-order valence-electron chi connectivity index (χ2n) is 8.45. The summed E-state index contributed by atoms with van der Waals surface area (Å²) in [6.07, 6.45) is 10.4. The van der Waals surface area contributed by atoms with Crippen molar-refractivity contribution in [3.8, 4) is 5.75 Å².